The number of nitrogens with two attached hydrogens (primary N) is 2. The molecule has 2 atom stereocenters. The van der Waals surface area contributed by atoms with Crippen molar-refractivity contribution in [3.05, 3.63) is 17.5 Å². The highest BCUT2D eigenvalue weighted by atomic mass is 32.3. The van der Waals surface area contributed by atoms with E-state index >= 15 is 0 Å². The number of hydrogen-bond donors (Lipinski definition) is 4. The van der Waals surface area contributed by atoms with Gasteiger partial charge in [-0.05, 0) is 0 Å². The van der Waals surface area contributed by atoms with E-state index in [0.717, 1.165) is 4.68 Å². The summed E-state index contributed by atoms with van der Waals surface area (Å²) < 4.78 is 36.2. The monoisotopic (exact) mass is 389 g/mol. The summed E-state index contributed by atoms with van der Waals surface area (Å²) in [5.41, 5.74) is 11.2. The third-order valence-electron chi connectivity index (χ3n) is 3.93. The molecule has 2 aliphatic rings. The number of carbonyl (C=O) groups is 3. The van der Waals surface area contributed by atoms with Gasteiger partial charge in [-0.25, -0.2) is 9.59 Å². The van der Waals surface area contributed by atoms with E-state index in [4.69, 9.17) is 16.0 Å². The van der Waals surface area contributed by atoms with Crippen LogP contribution in [-0.4, -0.2) is 70.3 Å². The first-order chi connectivity index (χ1) is 12.1. The van der Waals surface area contributed by atoms with Crippen LogP contribution in [-0.2, 0) is 19.5 Å². The average Bonchev–Trinajstić information content (AvgIpc) is 3.09. The van der Waals surface area contributed by atoms with Gasteiger partial charge < -0.3 is 21.7 Å². The quantitative estimate of drug-likeness (QED) is 0.391. The van der Waals surface area contributed by atoms with E-state index in [9.17, 15) is 22.8 Å². The van der Waals surface area contributed by atoms with Crippen LogP contribution in [0.5, 0.6) is 0 Å². The Hall–Kier alpha value is -2.75. The highest BCUT2D eigenvalue weighted by Gasteiger charge is 2.51. The number of fused-ring (bicyclic) bond motifs is 4. The predicted octanol–water partition coefficient (Wildman–Crippen LogP) is -2.55. The van der Waals surface area contributed by atoms with Crippen molar-refractivity contribution in [1.82, 2.24) is 25.1 Å². The normalized spacial score (nSPS) is 21.7. The van der Waals surface area contributed by atoms with E-state index in [2.05, 4.69) is 14.7 Å². The Morgan fingerprint density at radius 2 is 2.15 bits per heavy atom. The van der Waals surface area contributed by atoms with Gasteiger partial charge in [-0.2, -0.15) is 23.3 Å². The first kappa shape index (κ1) is 18.1. The number of carbonyl (C=O) groups excluding carboxylic acids is 3. The second-order valence-electron chi connectivity index (χ2n) is 5.57. The standard InChI is InChI=1S/C11H15N7O7S/c12-1-6-9-5(3-17(15-9)10(20)14-2-8(13)19)7-4-16(6)11(21)18(7)25-26(22,23)24/h3,6-7H,1-2,4,12H2,(H2,13,19)(H,14,20)(H,22,23,24)/t6-,7+/m1/s1. The SMILES string of the molecule is NC[C@@H]1c2nn(C(=O)NCC(N)=O)cc2[C@@H]2CN1C(=O)N2OS(=O)(=O)O. The van der Waals surface area contributed by atoms with Crippen LogP contribution in [0.25, 0.3) is 0 Å². The minimum Gasteiger partial charge on any atom is -0.368 e. The van der Waals surface area contributed by atoms with Gasteiger partial charge in [0.15, 0.2) is 0 Å². The number of hydrogen-bond acceptors (Lipinski definition) is 8. The summed E-state index contributed by atoms with van der Waals surface area (Å²) in [6.45, 7) is -0.432. The molecule has 15 heteroatoms. The van der Waals surface area contributed by atoms with Crippen LogP contribution < -0.4 is 16.8 Å². The Labute approximate surface area is 146 Å². The van der Waals surface area contributed by atoms with E-state index in [1.54, 1.807) is 0 Å². The molecule has 0 aromatic carbocycles. The van der Waals surface area contributed by atoms with Gasteiger partial charge >= 0.3 is 22.5 Å². The predicted molar refractivity (Wildman–Crippen MR) is 81.3 cm³/mol. The molecule has 3 rings (SSSR count). The van der Waals surface area contributed by atoms with Crippen molar-refractivity contribution in [2.75, 3.05) is 19.6 Å². The summed E-state index contributed by atoms with van der Waals surface area (Å²) in [4.78, 5) is 36.3. The van der Waals surface area contributed by atoms with Crippen molar-refractivity contribution in [2.45, 2.75) is 12.1 Å². The van der Waals surface area contributed by atoms with Crippen molar-refractivity contribution >= 4 is 28.4 Å². The highest BCUT2D eigenvalue weighted by Crippen LogP contribution is 2.43. The van der Waals surface area contributed by atoms with Crippen LogP contribution >= 0.6 is 0 Å². The first-order valence-electron chi connectivity index (χ1n) is 7.25. The molecule has 0 unspecified atom stereocenters. The molecular weight excluding hydrogens is 374 g/mol. The van der Waals surface area contributed by atoms with Crippen LogP contribution in [0.15, 0.2) is 6.20 Å². The summed E-state index contributed by atoms with van der Waals surface area (Å²) in [6.07, 6.45) is 1.26. The average molecular weight is 389 g/mol. The van der Waals surface area contributed by atoms with Crippen LogP contribution in [0.4, 0.5) is 9.59 Å². The largest absolute Gasteiger partial charge is 0.418 e. The van der Waals surface area contributed by atoms with Gasteiger partial charge in [-0.15, -0.1) is 4.28 Å². The van der Waals surface area contributed by atoms with E-state index in [0.29, 0.717) is 10.6 Å². The Morgan fingerprint density at radius 1 is 1.46 bits per heavy atom. The lowest BCUT2D eigenvalue weighted by molar-refractivity contribution is -0.117. The van der Waals surface area contributed by atoms with Gasteiger partial charge in [0, 0.05) is 18.3 Å². The number of urea groups is 1. The summed E-state index contributed by atoms with van der Waals surface area (Å²) in [5, 5.41) is 6.79. The maximum absolute atomic E-state index is 12.3. The summed E-state index contributed by atoms with van der Waals surface area (Å²) >= 11 is 0. The fourth-order valence-electron chi connectivity index (χ4n) is 2.92. The molecule has 0 saturated carbocycles. The van der Waals surface area contributed by atoms with Gasteiger partial charge in [0.1, 0.15) is 6.04 Å². The molecule has 1 aromatic heterocycles. The van der Waals surface area contributed by atoms with Crippen LogP contribution in [0.2, 0.25) is 0 Å². The smallest absolute Gasteiger partial charge is 0.368 e. The summed E-state index contributed by atoms with van der Waals surface area (Å²) in [7, 11) is -4.94. The maximum Gasteiger partial charge on any atom is 0.418 e. The molecule has 0 aliphatic carbocycles. The molecule has 14 nitrogen and oxygen atoms in total. The lowest BCUT2D eigenvalue weighted by Crippen LogP contribution is -2.39. The van der Waals surface area contributed by atoms with Crippen LogP contribution in [0.3, 0.4) is 0 Å². The lowest BCUT2D eigenvalue weighted by atomic mass is 9.98. The molecule has 1 fully saturated rings. The fraction of sp³-hybridized carbons (Fsp3) is 0.455. The summed E-state index contributed by atoms with van der Waals surface area (Å²) in [5.74, 6) is -0.751. The van der Waals surface area contributed by atoms with Gasteiger partial charge in [0.25, 0.3) is 0 Å². The van der Waals surface area contributed by atoms with E-state index in [1.807, 2.05) is 0 Å². The van der Waals surface area contributed by atoms with Crippen molar-refractivity contribution in [3.8, 4) is 0 Å². The maximum atomic E-state index is 12.3. The molecule has 0 radical (unpaired) electrons. The Bertz CT molecular complexity index is 881. The van der Waals surface area contributed by atoms with E-state index in [1.165, 1.54) is 11.1 Å². The molecular formula is C11H15N7O7S. The van der Waals surface area contributed by atoms with Crippen molar-refractivity contribution in [3.63, 3.8) is 0 Å². The molecule has 0 spiro atoms. The van der Waals surface area contributed by atoms with Crippen molar-refractivity contribution in [1.29, 1.82) is 0 Å². The number of hydroxylamine groups is 2. The number of nitrogens with zero attached hydrogens (tertiary/aromatic N) is 4. The molecule has 1 aromatic rings. The number of rotatable bonds is 5. The molecule has 6 N–H and O–H groups in total. The lowest BCUT2D eigenvalue weighted by Gasteiger charge is -2.28. The first-order valence-corrected chi connectivity index (χ1v) is 8.61. The second-order valence-corrected chi connectivity index (χ2v) is 6.57. The molecule has 26 heavy (non-hydrogen) atoms. The number of nitrogens with one attached hydrogen (secondary N) is 1. The number of primary amides is 1. The third-order valence-corrected chi connectivity index (χ3v) is 4.28. The van der Waals surface area contributed by atoms with Crippen molar-refractivity contribution < 1.29 is 31.6 Å². The third kappa shape index (κ3) is 3.07. The topological polar surface area (TPSA) is 203 Å². The highest BCUT2D eigenvalue weighted by molar-refractivity contribution is 7.80. The summed E-state index contributed by atoms with van der Waals surface area (Å²) in [6, 6.07) is -3.23. The molecule has 142 valence electrons. The molecule has 1 saturated heterocycles. The van der Waals surface area contributed by atoms with Crippen LogP contribution in [0, 0.1) is 0 Å². The van der Waals surface area contributed by atoms with Gasteiger partial charge in [0.2, 0.25) is 5.91 Å². The zero-order valence-corrected chi connectivity index (χ0v) is 13.9. The van der Waals surface area contributed by atoms with Crippen LogP contribution in [0.1, 0.15) is 23.3 Å². The van der Waals surface area contributed by atoms with E-state index < -0.39 is 47.0 Å². The molecule has 3 heterocycles. The molecule has 2 aliphatic heterocycles. The zero-order valence-electron chi connectivity index (χ0n) is 13.1. The Balaban J connectivity index is 1.96. The van der Waals surface area contributed by atoms with Gasteiger partial charge in [-0.1, -0.05) is 0 Å². The van der Waals surface area contributed by atoms with Gasteiger partial charge in [0.05, 0.1) is 24.8 Å². The fourth-order valence-corrected chi connectivity index (χ4v) is 3.29. The second kappa shape index (κ2) is 6.20. The number of aromatic nitrogens is 2. The minimum absolute atomic E-state index is 0.0256. The minimum atomic E-state index is -4.94. The zero-order chi connectivity index (χ0) is 19.2. The van der Waals surface area contributed by atoms with E-state index in [-0.39, 0.29) is 18.8 Å². The molecule has 2 bridgehead atoms. The number of amides is 4. The van der Waals surface area contributed by atoms with Gasteiger partial charge in [-0.3, -0.25) is 9.35 Å². The Morgan fingerprint density at radius 3 is 2.73 bits per heavy atom. The molecule has 4 amide bonds. The Kier molecular flexibility index (Phi) is 4.31. The van der Waals surface area contributed by atoms with Crippen molar-refractivity contribution in [2.24, 2.45) is 11.5 Å².